The number of carbonyl (C=O) groups is 3. The van der Waals surface area contributed by atoms with Gasteiger partial charge in [-0.1, -0.05) is 36.4 Å². The number of imide groups is 2. The molecule has 0 aliphatic carbocycles. The van der Waals surface area contributed by atoms with E-state index in [0.717, 1.165) is 10.5 Å². The number of methoxy groups -OCH3 is 1. The molecule has 0 radical (unpaired) electrons. The van der Waals surface area contributed by atoms with E-state index >= 15 is 0 Å². The molecule has 2 aromatic carbocycles. The third-order valence-corrected chi connectivity index (χ3v) is 4.43. The van der Waals surface area contributed by atoms with Crippen LogP contribution in [0.1, 0.15) is 5.56 Å². The predicted molar refractivity (Wildman–Crippen MR) is 109 cm³/mol. The van der Waals surface area contributed by atoms with Crippen molar-refractivity contribution in [2.45, 2.75) is 0 Å². The first-order valence-electron chi connectivity index (χ1n) is 9.00. The zero-order chi connectivity index (χ0) is 21.1. The molecule has 4 amide bonds. The Balaban J connectivity index is 1.65. The van der Waals surface area contributed by atoms with Gasteiger partial charge >= 0.3 is 6.03 Å². The van der Waals surface area contributed by atoms with Crippen molar-refractivity contribution >= 4 is 29.6 Å². The molecule has 1 aliphatic heterocycles. The highest BCUT2D eigenvalue weighted by Gasteiger charge is 2.37. The number of nitrogens with one attached hydrogen (secondary N) is 1. The SMILES string of the molecule is COc1cccc(N2C(=O)NC(=O)/C(=C\c3cnc(-c4ccccc4)nc3)C2=O)c1. The number of aromatic nitrogens is 2. The molecule has 148 valence electrons. The van der Waals surface area contributed by atoms with E-state index in [-0.39, 0.29) is 11.3 Å². The Labute approximate surface area is 171 Å². The van der Waals surface area contributed by atoms with E-state index in [9.17, 15) is 14.4 Å². The van der Waals surface area contributed by atoms with Crippen LogP contribution in [-0.4, -0.2) is 34.9 Å². The number of carbonyl (C=O) groups excluding carboxylic acids is 3. The molecule has 0 saturated carbocycles. The zero-order valence-electron chi connectivity index (χ0n) is 15.9. The number of benzene rings is 2. The van der Waals surface area contributed by atoms with E-state index in [1.165, 1.54) is 31.6 Å². The lowest BCUT2D eigenvalue weighted by Crippen LogP contribution is -2.54. The number of amides is 4. The van der Waals surface area contributed by atoms with Crippen LogP contribution < -0.4 is 15.0 Å². The number of hydrogen-bond acceptors (Lipinski definition) is 6. The summed E-state index contributed by atoms with van der Waals surface area (Å²) in [5, 5.41) is 2.18. The van der Waals surface area contributed by atoms with Gasteiger partial charge < -0.3 is 4.74 Å². The maximum absolute atomic E-state index is 12.9. The van der Waals surface area contributed by atoms with Crippen LogP contribution in [0.15, 0.2) is 72.6 Å². The molecule has 1 fully saturated rings. The van der Waals surface area contributed by atoms with Crippen LogP contribution in [-0.2, 0) is 9.59 Å². The van der Waals surface area contributed by atoms with Crippen molar-refractivity contribution in [1.29, 1.82) is 0 Å². The second kappa shape index (κ2) is 7.96. The maximum atomic E-state index is 12.9. The molecule has 8 nitrogen and oxygen atoms in total. The maximum Gasteiger partial charge on any atom is 0.335 e. The summed E-state index contributed by atoms with van der Waals surface area (Å²) in [6.07, 6.45) is 4.37. The second-order valence-electron chi connectivity index (χ2n) is 6.37. The fraction of sp³-hybridized carbons (Fsp3) is 0.0455. The van der Waals surface area contributed by atoms with Crippen molar-refractivity contribution in [2.75, 3.05) is 12.0 Å². The topological polar surface area (TPSA) is 101 Å². The van der Waals surface area contributed by atoms with Crippen LogP contribution in [0.5, 0.6) is 5.75 Å². The number of rotatable bonds is 4. The Morgan fingerprint density at radius 3 is 2.40 bits per heavy atom. The van der Waals surface area contributed by atoms with Gasteiger partial charge in [-0.2, -0.15) is 0 Å². The molecule has 1 N–H and O–H groups in total. The predicted octanol–water partition coefficient (Wildman–Crippen LogP) is 2.82. The van der Waals surface area contributed by atoms with Crippen molar-refractivity contribution < 1.29 is 19.1 Å². The zero-order valence-corrected chi connectivity index (χ0v) is 15.9. The monoisotopic (exact) mass is 400 g/mol. The molecule has 2 heterocycles. The first-order valence-corrected chi connectivity index (χ1v) is 9.00. The Hall–Kier alpha value is -4.33. The lowest BCUT2D eigenvalue weighted by molar-refractivity contribution is -0.122. The molecular weight excluding hydrogens is 384 g/mol. The number of nitrogens with zero attached hydrogens (tertiary/aromatic N) is 3. The van der Waals surface area contributed by atoms with Crippen molar-refractivity contribution in [3.05, 3.63) is 78.1 Å². The molecule has 1 aromatic heterocycles. The quantitative estimate of drug-likeness (QED) is 0.534. The van der Waals surface area contributed by atoms with Gasteiger partial charge in [-0.05, 0) is 18.2 Å². The lowest BCUT2D eigenvalue weighted by Gasteiger charge is -2.26. The number of barbiturate groups is 1. The van der Waals surface area contributed by atoms with Crippen molar-refractivity contribution in [2.24, 2.45) is 0 Å². The molecular formula is C22H16N4O4. The summed E-state index contributed by atoms with van der Waals surface area (Å²) in [6.45, 7) is 0. The fourth-order valence-corrected chi connectivity index (χ4v) is 2.96. The first-order chi connectivity index (χ1) is 14.6. The normalized spacial score (nSPS) is 15.3. The smallest absolute Gasteiger partial charge is 0.335 e. The van der Waals surface area contributed by atoms with E-state index in [1.54, 1.807) is 18.2 Å². The summed E-state index contributed by atoms with van der Waals surface area (Å²) in [5.41, 5.74) is 1.38. The highest BCUT2D eigenvalue weighted by atomic mass is 16.5. The summed E-state index contributed by atoms with van der Waals surface area (Å²) in [6, 6.07) is 15.0. The van der Waals surface area contributed by atoms with Gasteiger partial charge in [0.2, 0.25) is 0 Å². The van der Waals surface area contributed by atoms with Crippen molar-refractivity contribution in [3.8, 4) is 17.1 Å². The molecule has 4 rings (SSSR count). The van der Waals surface area contributed by atoms with Gasteiger partial charge in [-0.15, -0.1) is 0 Å². The Bertz CT molecular complexity index is 1160. The third-order valence-electron chi connectivity index (χ3n) is 4.43. The average Bonchev–Trinajstić information content (AvgIpc) is 2.78. The molecule has 8 heteroatoms. The fourth-order valence-electron chi connectivity index (χ4n) is 2.96. The number of hydrogen-bond donors (Lipinski definition) is 1. The summed E-state index contributed by atoms with van der Waals surface area (Å²) in [4.78, 5) is 47.0. The second-order valence-corrected chi connectivity index (χ2v) is 6.37. The van der Waals surface area contributed by atoms with Gasteiger partial charge in [0.1, 0.15) is 11.3 Å². The van der Waals surface area contributed by atoms with E-state index in [1.807, 2.05) is 30.3 Å². The molecule has 0 spiro atoms. The van der Waals surface area contributed by atoms with E-state index in [2.05, 4.69) is 15.3 Å². The van der Waals surface area contributed by atoms with E-state index < -0.39 is 17.8 Å². The number of urea groups is 1. The lowest BCUT2D eigenvalue weighted by atomic mass is 10.1. The Kier molecular flexibility index (Phi) is 5.04. The minimum atomic E-state index is -0.828. The minimum absolute atomic E-state index is 0.200. The standard InChI is InChI=1S/C22H16N4O4/c1-30-17-9-5-8-16(11-17)26-21(28)18(20(27)25-22(26)29)10-14-12-23-19(24-13-14)15-6-3-2-4-7-15/h2-13H,1H3,(H,25,27,29)/b18-10+. The molecule has 30 heavy (non-hydrogen) atoms. The molecule has 1 aliphatic rings. The van der Waals surface area contributed by atoms with Crippen molar-refractivity contribution in [3.63, 3.8) is 0 Å². The summed E-state index contributed by atoms with van der Waals surface area (Å²) in [5.74, 6) is -0.536. The number of ether oxygens (including phenoxy) is 1. The molecule has 0 atom stereocenters. The van der Waals surface area contributed by atoms with Crippen LogP contribution in [0.3, 0.4) is 0 Å². The van der Waals surface area contributed by atoms with E-state index in [0.29, 0.717) is 17.1 Å². The largest absolute Gasteiger partial charge is 0.497 e. The third kappa shape index (κ3) is 3.66. The van der Waals surface area contributed by atoms with Crippen LogP contribution in [0, 0.1) is 0 Å². The highest BCUT2D eigenvalue weighted by Crippen LogP contribution is 2.25. The Morgan fingerprint density at radius 2 is 1.70 bits per heavy atom. The molecule has 0 unspecified atom stereocenters. The van der Waals surface area contributed by atoms with Crippen molar-refractivity contribution in [1.82, 2.24) is 15.3 Å². The summed E-state index contributed by atoms with van der Waals surface area (Å²) < 4.78 is 5.14. The van der Waals surface area contributed by atoms with Gasteiger partial charge in [-0.25, -0.2) is 19.7 Å². The minimum Gasteiger partial charge on any atom is -0.497 e. The highest BCUT2D eigenvalue weighted by molar-refractivity contribution is 6.39. The van der Waals surface area contributed by atoms with Crippen LogP contribution in [0.25, 0.3) is 17.5 Å². The van der Waals surface area contributed by atoms with Crippen LogP contribution in [0.2, 0.25) is 0 Å². The van der Waals surface area contributed by atoms with Crippen LogP contribution >= 0.6 is 0 Å². The molecule has 0 bridgehead atoms. The van der Waals surface area contributed by atoms with Gasteiger partial charge in [-0.3, -0.25) is 14.9 Å². The van der Waals surface area contributed by atoms with Gasteiger partial charge in [0.05, 0.1) is 12.8 Å². The summed E-state index contributed by atoms with van der Waals surface area (Å²) in [7, 11) is 1.48. The van der Waals surface area contributed by atoms with Gasteiger partial charge in [0.15, 0.2) is 5.82 Å². The van der Waals surface area contributed by atoms with E-state index in [4.69, 9.17) is 4.74 Å². The van der Waals surface area contributed by atoms with Gasteiger partial charge in [0, 0.05) is 29.6 Å². The summed E-state index contributed by atoms with van der Waals surface area (Å²) >= 11 is 0. The van der Waals surface area contributed by atoms with Gasteiger partial charge in [0.25, 0.3) is 11.8 Å². The van der Waals surface area contributed by atoms with Crippen LogP contribution in [0.4, 0.5) is 10.5 Å². The number of anilines is 1. The first kappa shape index (κ1) is 19.0. The molecule has 3 aromatic rings. The molecule has 1 saturated heterocycles. The Morgan fingerprint density at radius 1 is 0.967 bits per heavy atom. The average molecular weight is 400 g/mol.